The average Bonchev–Trinajstić information content (AvgIpc) is 2.65. The van der Waals surface area contributed by atoms with Crippen LogP contribution in [-0.2, 0) is 9.84 Å². The lowest BCUT2D eigenvalue weighted by Crippen LogP contribution is -2.34. The van der Waals surface area contributed by atoms with Crippen molar-refractivity contribution in [1.29, 1.82) is 0 Å². The predicted octanol–water partition coefficient (Wildman–Crippen LogP) is -1.12. The Balaban J connectivity index is 2.71. The Morgan fingerprint density at radius 1 is 1.73 bits per heavy atom. The van der Waals surface area contributed by atoms with Gasteiger partial charge in [-0.15, -0.1) is 0 Å². The maximum Gasteiger partial charge on any atom is 0.154 e. The van der Waals surface area contributed by atoms with Gasteiger partial charge in [0.2, 0.25) is 0 Å². The second kappa shape index (κ2) is 2.43. The Hall–Kier alpha value is -0.130. The minimum atomic E-state index is -3.03. The molecule has 0 radical (unpaired) electrons. The number of sulfone groups is 1. The number of rotatable bonds is 3. The monoisotopic (exact) mass is 179 g/mol. The number of aliphatic hydroxyl groups excluding tert-OH is 1. The number of hydrogen-bond acceptors (Lipinski definition) is 4. The quantitative estimate of drug-likeness (QED) is 0.575. The molecule has 2 atom stereocenters. The molecule has 0 aromatic carbocycles. The van der Waals surface area contributed by atoms with E-state index in [1.165, 1.54) is 0 Å². The summed E-state index contributed by atoms with van der Waals surface area (Å²) >= 11 is 0. The van der Waals surface area contributed by atoms with Crippen LogP contribution in [0.3, 0.4) is 0 Å². The van der Waals surface area contributed by atoms with E-state index in [-0.39, 0.29) is 12.4 Å². The van der Waals surface area contributed by atoms with Crippen LogP contribution < -0.4 is 5.73 Å². The molecule has 0 heterocycles. The highest BCUT2D eigenvalue weighted by molar-refractivity contribution is 7.92. The summed E-state index contributed by atoms with van der Waals surface area (Å²) in [6, 6.07) is 0. The van der Waals surface area contributed by atoms with E-state index < -0.39 is 20.6 Å². The van der Waals surface area contributed by atoms with Crippen LogP contribution in [0.25, 0.3) is 0 Å². The van der Waals surface area contributed by atoms with E-state index in [0.717, 1.165) is 0 Å². The lowest BCUT2D eigenvalue weighted by atomic mass is 10.3. The first-order valence-corrected chi connectivity index (χ1v) is 5.29. The van der Waals surface area contributed by atoms with E-state index in [9.17, 15) is 8.42 Å². The van der Waals surface area contributed by atoms with Crippen LogP contribution in [0.5, 0.6) is 0 Å². The van der Waals surface area contributed by atoms with E-state index in [2.05, 4.69) is 0 Å². The van der Waals surface area contributed by atoms with Crippen LogP contribution in [-0.4, -0.2) is 36.7 Å². The van der Waals surface area contributed by atoms with E-state index in [1.54, 1.807) is 6.92 Å². The molecule has 1 aliphatic carbocycles. The third kappa shape index (κ3) is 1.40. The summed E-state index contributed by atoms with van der Waals surface area (Å²) in [7, 11) is -3.03. The van der Waals surface area contributed by atoms with Crippen molar-refractivity contribution in [2.75, 3.05) is 12.4 Å². The fraction of sp³-hybridized carbons (Fsp3) is 1.00. The number of nitrogens with two attached hydrogens (primary N) is 1. The molecule has 3 N–H and O–H groups in total. The normalized spacial score (nSPS) is 37.2. The first kappa shape index (κ1) is 8.96. The minimum absolute atomic E-state index is 0.108. The topological polar surface area (TPSA) is 80.4 Å². The smallest absolute Gasteiger partial charge is 0.154 e. The lowest BCUT2D eigenvalue weighted by Gasteiger charge is -2.05. The zero-order valence-corrected chi connectivity index (χ0v) is 7.26. The molecule has 4 nitrogen and oxygen atoms in total. The molecule has 0 spiro atoms. The molecular formula is C6H13NO3S. The van der Waals surface area contributed by atoms with E-state index in [0.29, 0.717) is 6.42 Å². The van der Waals surface area contributed by atoms with Gasteiger partial charge >= 0.3 is 0 Å². The highest BCUT2D eigenvalue weighted by Gasteiger charge is 2.57. The van der Waals surface area contributed by atoms with Crippen molar-refractivity contribution in [3.63, 3.8) is 0 Å². The summed E-state index contributed by atoms with van der Waals surface area (Å²) in [6.45, 7) is 1.35. The summed E-state index contributed by atoms with van der Waals surface area (Å²) in [5.74, 6) is 0.108. The van der Waals surface area contributed by atoms with Crippen LogP contribution >= 0.6 is 0 Å². The van der Waals surface area contributed by atoms with Gasteiger partial charge in [-0.2, -0.15) is 0 Å². The fourth-order valence-electron chi connectivity index (χ4n) is 1.14. The summed E-state index contributed by atoms with van der Waals surface area (Å²) < 4.78 is 22.3. The summed E-state index contributed by atoms with van der Waals surface area (Å²) in [5, 5.41) is 8.20. The van der Waals surface area contributed by atoms with Gasteiger partial charge in [0.25, 0.3) is 0 Å². The predicted molar refractivity (Wildman–Crippen MR) is 41.9 cm³/mol. The zero-order valence-electron chi connectivity index (χ0n) is 6.45. The van der Waals surface area contributed by atoms with Crippen LogP contribution in [0, 0.1) is 0 Å². The molecule has 1 saturated carbocycles. The van der Waals surface area contributed by atoms with E-state index >= 15 is 0 Å². The van der Waals surface area contributed by atoms with Gasteiger partial charge in [-0.25, -0.2) is 8.42 Å². The Morgan fingerprint density at radius 3 is 2.55 bits per heavy atom. The summed E-state index contributed by atoms with van der Waals surface area (Å²) in [6.07, 6.45) is 0.402. The first-order chi connectivity index (χ1) is 4.96. The van der Waals surface area contributed by atoms with Gasteiger partial charge in [-0.1, -0.05) is 6.92 Å². The Kier molecular flexibility index (Phi) is 1.98. The maximum atomic E-state index is 11.1. The highest BCUT2D eigenvalue weighted by atomic mass is 32.2. The summed E-state index contributed by atoms with van der Waals surface area (Å²) in [4.78, 5) is 0. The fourth-order valence-corrected chi connectivity index (χ4v) is 2.89. The Labute approximate surface area is 66.3 Å². The van der Waals surface area contributed by atoms with Crippen molar-refractivity contribution in [1.82, 2.24) is 0 Å². The van der Waals surface area contributed by atoms with Crippen molar-refractivity contribution < 1.29 is 13.5 Å². The van der Waals surface area contributed by atoms with Crippen LogP contribution in [0.1, 0.15) is 13.3 Å². The molecule has 5 heteroatoms. The van der Waals surface area contributed by atoms with E-state index in [1.807, 2.05) is 0 Å². The molecule has 1 fully saturated rings. The van der Waals surface area contributed by atoms with Gasteiger partial charge in [0.1, 0.15) is 0 Å². The molecule has 0 saturated heterocycles. The van der Waals surface area contributed by atoms with Gasteiger partial charge in [-0.3, -0.25) is 0 Å². The lowest BCUT2D eigenvalue weighted by molar-refractivity contribution is 0.257. The molecule has 0 bridgehead atoms. The van der Waals surface area contributed by atoms with Crippen molar-refractivity contribution >= 4 is 9.84 Å². The number of aliphatic hydroxyl groups is 1. The zero-order chi connectivity index (χ0) is 8.70. The molecule has 0 amide bonds. The molecule has 1 aliphatic rings. The van der Waals surface area contributed by atoms with Gasteiger partial charge < -0.3 is 10.8 Å². The van der Waals surface area contributed by atoms with Crippen molar-refractivity contribution in [2.24, 2.45) is 5.73 Å². The summed E-state index contributed by atoms with van der Waals surface area (Å²) in [5.41, 5.74) is 4.68. The third-order valence-electron chi connectivity index (χ3n) is 2.18. The number of hydrogen-bond donors (Lipinski definition) is 2. The molecule has 0 aromatic heterocycles. The largest absolute Gasteiger partial charge is 0.394 e. The second-order valence-electron chi connectivity index (χ2n) is 3.04. The molecular weight excluding hydrogens is 166 g/mol. The van der Waals surface area contributed by atoms with Gasteiger partial charge in [0.15, 0.2) is 9.84 Å². The van der Waals surface area contributed by atoms with Crippen LogP contribution in [0.2, 0.25) is 0 Å². The highest BCUT2D eigenvalue weighted by Crippen LogP contribution is 2.39. The first-order valence-electron chi connectivity index (χ1n) is 3.57. The standard InChI is InChI=1S/C6H13NO3S/c1-2-11(9,10)5-3-6(5,7)4-8/h5,8H,2-4,7H2,1H3/t5-,6-/m1/s1. The third-order valence-corrected chi connectivity index (χ3v) is 4.48. The molecule has 11 heavy (non-hydrogen) atoms. The van der Waals surface area contributed by atoms with Gasteiger partial charge in [-0.05, 0) is 6.42 Å². The van der Waals surface area contributed by atoms with Gasteiger partial charge in [0.05, 0.1) is 17.4 Å². The average molecular weight is 179 g/mol. The van der Waals surface area contributed by atoms with Crippen molar-refractivity contribution in [3.8, 4) is 0 Å². The van der Waals surface area contributed by atoms with Crippen LogP contribution in [0.15, 0.2) is 0 Å². The molecule has 0 unspecified atom stereocenters. The van der Waals surface area contributed by atoms with E-state index in [4.69, 9.17) is 10.8 Å². The maximum absolute atomic E-state index is 11.1. The molecule has 0 aliphatic heterocycles. The van der Waals surface area contributed by atoms with Crippen molar-refractivity contribution in [2.45, 2.75) is 24.1 Å². The molecule has 1 rings (SSSR count). The Morgan fingerprint density at radius 2 is 2.27 bits per heavy atom. The SMILES string of the molecule is CCS(=O)(=O)[C@@H]1C[C@@]1(N)CO. The van der Waals surface area contributed by atoms with Gasteiger partial charge in [0, 0.05) is 5.75 Å². The van der Waals surface area contributed by atoms with Crippen LogP contribution in [0.4, 0.5) is 0 Å². The molecule has 0 aromatic rings. The molecule has 66 valence electrons. The van der Waals surface area contributed by atoms with Crippen molar-refractivity contribution in [3.05, 3.63) is 0 Å². The minimum Gasteiger partial charge on any atom is -0.394 e. The second-order valence-corrected chi connectivity index (χ2v) is 5.51. The Bertz CT molecular complexity index is 249.